The standard InChI is InChI=1S/C25H35N3O2/c1-7-9-10-11-15-30-25(29)21-18(5)26-24-23(20(8-2)27-28(24)6)22(21)19-14-12-13-16(3)17(19)4/h12-14,21-22H,7-11,15H2,1-6H3. The molecule has 162 valence electrons. The molecule has 0 aliphatic carbocycles. The highest BCUT2D eigenvalue weighted by Crippen LogP contribution is 2.45. The van der Waals surface area contributed by atoms with Crippen LogP contribution in [-0.4, -0.2) is 28.1 Å². The zero-order chi connectivity index (χ0) is 21.8. The number of unbranched alkanes of at least 4 members (excludes halogenated alkanes) is 3. The van der Waals surface area contributed by atoms with Crippen LogP contribution in [0.2, 0.25) is 0 Å². The molecule has 0 bridgehead atoms. The molecule has 1 aliphatic heterocycles. The van der Waals surface area contributed by atoms with Gasteiger partial charge in [0.05, 0.1) is 12.3 Å². The first kappa shape index (κ1) is 22.3. The Bertz CT molecular complexity index is 942. The first-order valence-corrected chi connectivity index (χ1v) is 11.2. The van der Waals surface area contributed by atoms with Gasteiger partial charge >= 0.3 is 5.97 Å². The monoisotopic (exact) mass is 409 g/mol. The molecule has 1 aliphatic rings. The molecule has 0 N–H and O–H groups in total. The van der Waals surface area contributed by atoms with Crippen LogP contribution in [0.1, 0.15) is 80.3 Å². The smallest absolute Gasteiger partial charge is 0.315 e. The van der Waals surface area contributed by atoms with Crippen LogP contribution >= 0.6 is 0 Å². The summed E-state index contributed by atoms with van der Waals surface area (Å²) in [5, 5.41) is 4.72. The fraction of sp³-hybridized carbons (Fsp3) is 0.560. The topological polar surface area (TPSA) is 56.5 Å². The van der Waals surface area contributed by atoms with Gasteiger partial charge in [-0.15, -0.1) is 0 Å². The molecular formula is C25H35N3O2. The highest BCUT2D eigenvalue weighted by atomic mass is 16.5. The number of carbonyl (C=O) groups excluding carboxylic acids is 1. The molecule has 0 fully saturated rings. The molecule has 0 radical (unpaired) electrons. The van der Waals surface area contributed by atoms with Gasteiger partial charge in [-0.1, -0.05) is 51.3 Å². The van der Waals surface area contributed by atoms with Crippen molar-refractivity contribution in [3.05, 3.63) is 46.1 Å². The van der Waals surface area contributed by atoms with Crippen LogP contribution in [0, 0.1) is 19.8 Å². The number of rotatable bonds is 8. The number of hydrogen-bond donors (Lipinski definition) is 0. The lowest BCUT2D eigenvalue weighted by Crippen LogP contribution is -2.34. The Balaban J connectivity index is 2.04. The van der Waals surface area contributed by atoms with Crippen molar-refractivity contribution in [2.45, 2.75) is 72.6 Å². The summed E-state index contributed by atoms with van der Waals surface area (Å²) in [5.74, 6) is 0.153. The van der Waals surface area contributed by atoms with Crippen molar-refractivity contribution in [3.63, 3.8) is 0 Å². The van der Waals surface area contributed by atoms with Crippen molar-refractivity contribution in [2.75, 3.05) is 6.61 Å². The molecule has 3 rings (SSSR count). The number of fused-ring (bicyclic) bond motifs is 1. The maximum Gasteiger partial charge on any atom is 0.315 e. The first-order valence-electron chi connectivity index (χ1n) is 11.2. The molecule has 0 saturated heterocycles. The van der Waals surface area contributed by atoms with Crippen LogP contribution in [0.15, 0.2) is 23.2 Å². The maximum absolute atomic E-state index is 13.3. The second-order valence-electron chi connectivity index (χ2n) is 8.39. The molecule has 2 atom stereocenters. The van der Waals surface area contributed by atoms with E-state index in [0.717, 1.165) is 42.0 Å². The molecular weight excluding hydrogens is 374 g/mol. The minimum atomic E-state index is -0.418. The number of aryl methyl sites for hydroxylation is 3. The summed E-state index contributed by atoms with van der Waals surface area (Å²) in [7, 11) is 1.93. The number of ether oxygens (including phenoxy) is 1. The molecule has 5 heteroatoms. The van der Waals surface area contributed by atoms with E-state index >= 15 is 0 Å². The van der Waals surface area contributed by atoms with Crippen molar-refractivity contribution in [1.82, 2.24) is 9.78 Å². The third-order valence-corrected chi connectivity index (χ3v) is 6.32. The molecule has 30 heavy (non-hydrogen) atoms. The minimum Gasteiger partial charge on any atom is -0.465 e. The molecule has 2 heterocycles. The Hall–Kier alpha value is -2.43. The van der Waals surface area contributed by atoms with E-state index in [1.165, 1.54) is 29.5 Å². The van der Waals surface area contributed by atoms with Gasteiger partial charge in [0.2, 0.25) is 0 Å². The molecule has 0 saturated carbocycles. The number of nitrogens with zero attached hydrogens (tertiary/aromatic N) is 3. The molecule has 0 spiro atoms. The predicted molar refractivity (Wildman–Crippen MR) is 122 cm³/mol. The number of benzene rings is 1. The van der Waals surface area contributed by atoms with Gasteiger partial charge in [0.15, 0.2) is 5.82 Å². The minimum absolute atomic E-state index is 0.121. The molecule has 0 amide bonds. The van der Waals surface area contributed by atoms with Crippen molar-refractivity contribution in [3.8, 4) is 0 Å². The third kappa shape index (κ3) is 4.21. The quantitative estimate of drug-likeness (QED) is 0.423. The van der Waals surface area contributed by atoms with Crippen molar-refractivity contribution in [1.29, 1.82) is 0 Å². The summed E-state index contributed by atoms with van der Waals surface area (Å²) in [5.41, 5.74) is 6.50. The summed E-state index contributed by atoms with van der Waals surface area (Å²) in [6.45, 7) is 11.0. The predicted octanol–water partition coefficient (Wildman–Crippen LogP) is 5.58. The van der Waals surface area contributed by atoms with E-state index < -0.39 is 5.92 Å². The number of aromatic nitrogens is 2. The Kier molecular flexibility index (Phi) is 7.11. The molecule has 1 aromatic carbocycles. The molecule has 1 aromatic heterocycles. The average molecular weight is 410 g/mol. The van der Waals surface area contributed by atoms with Crippen LogP contribution in [0.3, 0.4) is 0 Å². The molecule has 2 aromatic rings. The lowest BCUT2D eigenvalue weighted by atomic mass is 9.74. The van der Waals surface area contributed by atoms with Gasteiger partial charge in [-0.3, -0.25) is 9.48 Å². The van der Waals surface area contributed by atoms with E-state index in [1.54, 1.807) is 0 Å². The van der Waals surface area contributed by atoms with Gasteiger partial charge in [-0.05, 0) is 50.3 Å². The largest absolute Gasteiger partial charge is 0.465 e. The second-order valence-corrected chi connectivity index (χ2v) is 8.39. The molecule has 5 nitrogen and oxygen atoms in total. The van der Waals surface area contributed by atoms with Crippen molar-refractivity contribution < 1.29 is 9.53 Å². The SMILES string of the molecule is CCCCCCOC(=O)C1C(C)=Nc2c(c(CC)nn2C)C1c1cccc(C)c1C. The number of esters is 1. The Morgan fingerprint density at radius 2 is 1.90 bits per heavy atom. The summed E-state index contributed by atoms with van der Waals surface area (Å²) < 4.78 is 7.62. The van der Waals surface area contributed by atoms with Gasteiger partial charge < -0.3 is 4.74 Å². The van der Waals surface area contributed by atoms with Gasteiger partial charge in [0.1, 0.15) is 5.92 Å². The Morgan fingerprint density at radius 1 is 1.13 bits per heavy atom. The van der Waals surface area contributed by atoms with E-state index in [4.69, 9.17) is 14.8 Å². The number of carbonyl (C=O) groups is 1. The van der Waals surface area contributed by atoms with Gasteiger partial charge in [-0.2, -0.15) is 5.10 Å². The third-order valence-electron chi connectivity index (χ3n) is 6.32. The summed E-state index contributed by atoms with van der Waals surface area (Å²) >= 11 is 0. The number of aliphatic imine (C=N–C) groups is 1. The normalized spacial score (nSPS) is 18.1. The first-order chi connectivity index (χ1) is 14.4. The van der Waals surface area contributed by atoms with Gasteiger partial charge in [0, 0.05) is 24.2 Å². The number of hydrogen-bond acceptors (Lipinski definition) is 4. The maximum atomic E-state index is 13.3. The van der Waals surface area contributed by atoms with Crippen molar-refractivity contribution >= 4 is 17.5 Å². The van der Waals surface area contributed by atoms with Crippen LogP contribution < -0.4 is 0 Å². The average Bonchev–Trinajstić information content (AvgIpc) is 3.04. The van der Waals surface area contributed by atoms with E-state index in [-0.39, 0.29) is 11.9 Å². The lowest BCUT2D eigenvalue weighted by Gasteiger charge is -2.31. The zero-order valence-corrected chi connectivity index (χ0v) is 19.3. The zero-order valence-electron chi connectivity index (χ0n) is 19.3. The van der Waals surface area contributed by atoms with E-state index in [9.17, 15) is 4.79 Å². The van der Waals surface area contributed by atoms with Crippen molar-refractivity contribution in [2.24, 2.45) is 18.0 Å². The highest BCUT2D eigenvalue weighted by molar-refractivity contribution is 6.05. The highest BCUT2D eigenvalue weighted by Gasteiger charge is 2.42. The summed E-state index contributed by atoms with van der Waals surface area (Å²) in [6, 6.07) is 6.34. The van der Waals surface area contributed by atoms with E-state index in [0.29, 0.717) is 6.61 Å². The fourth-order valence-corrected chi connectivity index (χ4v) is 4.49. The second kappa shape index (κ2) is 9.59. The van der Waals surface area contributed by atoms with Crippen LogP contribution in [0.5, 0.6) is 0 Å². The van der Waals surface area contributed by atoms with Crippen LogP contribution in [-0.2, 0) is 23.0 Å². The summed E-state index contributed by atoms with van der Waals surface area (Å²) in [4.78, 5) is 18.1. The van der Waals surface area contributed by atoms with Crippen LogP contribution in [0.25, 0.3) is 0 Å². The molecule has 2 unspecified atom stereocenters. The van der Waals surface area contributed by atoms with E-state index in [1.807, 2.05) is 18.7 Å². The Morgan fingerprint density at radius 3 is 2.60 bits per heavy atom. The van der Waals surface area contributed by atoms with Gasteiger partial charge in [0.25, 0.3) is 0 Å². The Labute approximate surface area is 180 Å². The lowest BCUT2D eigenvalue weighted by molar-refractivity contribution is -0.146. The fourth-order valence-electron chi connectivity index (χ4n) is 4.49. The summed E-state index contributed by atoms with van der Waals surface area (Å²) in [6.07, 6.45) is 5.15. The van der Waals surface area contributed by atoms with Gasteiger partial charge in [-0.25, -0.2) is 4.99 Å². The van der Waals surface area contributed by atoms with Crippen LogP contribution in [0.4, 0.5) is 5.82 Å². The van der Waals surface area contributed by atoms with E-state index in [2.05, 4.69) is 45.9 Å².